The predicted molar refractivity (Wildman–Crippen MR) is 71.9 cm³/mol. The first-order valence-corrected chi connectivity index (χ1v) is 7.26. The van der Waals surface area contributed by atoms with Gasteiger partial charge >= 0.3 is 5.97 Å². The molecule has 0 fully saturated rings. The van der Waals surface area contributed by atoms with Crippen LogP contribution in [0.1, 0.15) is 51.4 Å². The lowest BCUT2D eigenvalue weighted by molar-refractivity contribution is -0.140. The Morgan fingerprint density at radius 3 is 2.19 bits per heavy atom. The molecule has 0 spiro atoms. The lowest BCUT2D eigenvalue weighted by atomic mass is 10.1. The Hall–Kier alpha value is -0.310. The van der Waals surface area contributed by atoms with E-state index in [0.717, 1.165) is 19.3 Å². The summed E-state index contributed by atoms with van der Waals surface area (Å²) in [5.41, 5.74) is 0. The molecule has 0 heterocycles. The second-order valence-corrected chi connectivity index (χ2v) is 4.47. The molecular weight excluding hydrogens is 268 g/mol. The van der Waals surface area contributed by atoms with Crippen LogP contribution in [0.2, 0.25) is 0 Å². The van der Waals surface area contributed by atoms with Gasteiger partial charge in [-0.25, -0.2) is 0 Å². The van der Waals surface area contributed by atoms with Crippen molar-refractivity contribution in [2.24, 2.45) is 0 Å². The molecule has 0 saturated carbocycles. The van der Waals surface area contributed by atoms with Gasteiger partial charge in [-0.15, -0.1) is 6.58 Å². The summed E-state index contributed by atoms with van der Waals surface area (Å²) in [7, 11) is 0. The van der Waals surface area contributed by atoms with E-state index in [2.05, 4.69) is 22.5 Å². The van der Waals surface area contributed by atoms with Gasteiger partial charge in [-0.3, -0.25) is 4.79 Å². The molecule has 0 atom stereocenters. The van der Waals surface area contributed by atoms with Crippen LogP contribution in [0.4, 0.5) is 0 Å². The fraction of sp³-hybridized carbons (Fsp3) is 0.769. The highest BCUT2D eigenvalue weighted by Gasteiger charge is 1.98. The molecule has 16 heavy (non-hydrogen) atoms. The summed E-state index contributed by atoms with van der Waals surface area (Å²) in [6.07, 6.45) is 11.7. The second kappa shape index (κ2) is 12.8. The van der Waals surface area contributed by atoms with Crippen LogP contribution in [-0.4, -0.2) is 17.9 Å². The van der Waals surface area contributed by atoms with E-state index in [1.807, 2.05) is 6.08 Å². The average molecular weight is 291 g/mol. The Balaban J connectivity index is 2.98. The van der Waals surface area contributed by atoms with Crippen molar-refractivity contribution in [3.8, 4) is 0 Å². The van der Waals surface area contributed by atoms with Crippen LogP contribution in [0, 0.1) is 0 Å². The number of halogens is 1. The second-order valence-electron chi connectivity index (χ2n) is 3.91. The molecule has 3 heteroatoms. The highest BCUT2D eigenvalue weighted by molar-refractivity contribution is 9.09. The largest absolute Gasteiger partial charge is 0.465 e. The van der Waals surface area contributed by atoms with Crippen molar-refractivity contribution in [3.05, 3.63) is 12.7 Å². The summed E-state index contributed by atoms with van der Waals surface area (Å²) in [4.78, 5) is 10.8. The first-order chi connectivity index (χ1) is 7.81. The van der Waals surface area contributed by atoms with Gasteiger partial charge in [0, 0.05) is 0 Å². The number of hydrogen-bond donors (Lipinski definition) is 0. The van der Waals surface area contributed by atoms with E-state index in [4.69, 9.17) is 4.74 Å². The maximum Gasteiger partial charge on any atom is 0.316 e. The van der Waals surface area contributed by atoms with E-state index >= 15 is 0 Å². The molecule has 0 aliphatic carbocycles. The van der Waals surface area contributed by atoms with Gasteiger partial charge in [-0.2, -0.15) is 0 Å². The summed E-state index contributed by atoms with van der Waals surface area (Å²) < 4.78 is 4.95. The van der Waals surface area contributed by atoms with Gasteiger partial charge in [0.15, 0.2) is 0 Å². The molecule has 2 nitrogen and oxygen atoms in total. The Morgan fingerprint density at radius 1 is 1.06 bits per heavy atom. The van der Waals surface area contributed by atoms with Gasteiger partial charge in [0.25, 0.3) is 0 Å². The Labute approximate surface area is 108 Å². The molecule has 0 aromatic rings. The topological polar surface area (TPSA) is 26.3 Å². The lowest BCUT2D eigenvalue weighted by Crippen LogP contribution is -2.06. The van der Waals surface area contributed by atoms with Crippen LogP contribution in [0.3, 0.4) is 0 Å². The molecule has 0 saturated heterocycles. The van der Waals surface area contributed by atoms with Crippen LogP contribution < -0.4 is 0 Å². The van der Waals surface area contributed by atoms with Crippen LogP contribution >= 0.6 is 15.9 Å². The van der Waals surface area contributed by atoms with Crippen molar-refractivity contribution in [1.29, 1.82) is 0 Å². The molecule has 0 aromatic carbocycles. The monoisotopic (exact) mass is 290 g/mol. The summed E-state index contributed by atoms with van der Waals surface area (Å²) in [5.74, 6) is -0.163. The standard InChI is InChI=1S/C13H23BrO2/c1-2-3-4-5-6-7-8-9-10-11-16-13(15)12-14/h2H,1,3-12H2. The zero-order valence-electron chi connectivity index (χ0n) is 10.0. The predicted octanol–water partition coefficient (Wildman–Crippen LogP) is 4.23. The van der Waals surface area contributed by atoms with Crippen molar-refractivity contribution in [3.63, 3.8) is 0 Å². The molecule has 0 unspecified atom stereocenters. The number of alkyl halides is 1. The third-order valence-electron chi connectivity index (χ3n) is 2.42. The molecule has 0 rings (SSSR count). The Kier molecular flexibility index (Phi) is 12.5. The average Bonchev–Trinajstić information content (AvgIpc) is 2.31. The van der Waals surface area contributed by atoms with E-state index < -0.39 is 0 Å². The summed E-state index contributed by atoms with van der Waals surface area (Å²) >= 11 is 3.06. The highest BCUT2D eigenvalue weighted by Crippen LogP contribution is 2.08. The van der Waals surface area contributed by atoms with Gasteiger partial charge < -0.3 is 4.74 Å². The highest BCUT2D eigenvalue weighted by atomic mass is 79.9. The van der Waals surface area contributed by atoms with Gasteiger partial charge in [-0.05, 0) is 19.3 Å². The van der Waals surface area contributed by atoms with Crippen molar-refractivity contribution in [2.45, 2.75) is 51.4 Å². The van der Waals surface area contributed by atoms with Crippen LogP contribution in [0.25, 0.3) is 0 Å². The summed E-state index contributed by atoms with van der Waals surface area (Å²) in [6, 6.07) is 0. The summed E-state index contributed by atoms with van der Waals surface area (Å²) in [6.45, 7) is 4.28. The quantitative estimate of drug-likeness (QED) is 0.246. The zero-order valence-corrected chi connectivity index (χ0v) is 11.6. The Bertz CT molecular complexity index is 181. The lowest BCUT2D eigenvalue weighted by Gasteiger charge is -2.03. The minimum atomic E-state index is -0.163. The molecule has 0 aromatic heterocycles. The third kappa shape index (κ3) is 11.8. The van der Waals surface area contributed by atoms with Crippen LogP contribution in [0.5, 0.6) is 0 Å². The molecule has 0 amide bonds. The number of allylic oxidation sites excluding steroid dienone is 1. The molecular formula is C13H23BrO2. The maximum absolute atomic E-state index is 10.8. The minimum absolute atomic E-state index is 0.163. The van der Waals surface area contributed by atoms with Crippen molar-refractivity contribution in [2.75, 3.05) is 11.9 Å². The molecule has 0 aliphatic rings. The van der Waals surface area contributed by atoms with Gasteiger partial charge in [0.1, 0.15) is 5.33 Å². The van der Waals surface area contributed by atoms with Gasteiger partial charge in [0.2, 0.25) is 0 Å². The van der Waals surface area contributed by atoms with Crippen LogP contribution in [0.15, 0.2) is 12.7 Å². The zero-order chi connectivity index (χ0) is 12.1. The molecule has 0 radical (unpaired) electrons. The van der Waals surface area contributed by atoms with Crippen molar-refractivity contribution < 1.29 is 9.53 Å². The van der Waals surface area contributed by atoms with Crippen molar-refractivity contribution >= 4 is 21.9 Å². The number of carbonyl (C=O) groups is 1. The SMILES string of the molecule is C=CCCCCCCCCCOC(=O)CBr. The van der Waals surface area contributed by atoms with Gasteiger partial charge in [-0.1, -0.05) is 54.1 Å². The Morgan fingerprint density at radius 2 is 1.62 bits per heavy atom. The van der Waals surface area contributed by atoms with Crippen LogP contribution in [-0.2, 0) is 9.53 Å². The number of ether oxygens (including phenoxy) is 1. The van der Waals surface area contributed by atoms with Gasteiger partial charge in [0.05, 0.1) is 6.61 Å². The molecule has 0 N–H and O–H groups in total. The van der Waals surface area contributed by atoms with E-state index in [1.54, 1.807) is 0 Å². The molecule has 0 aliphatic heterocycles. The maximum atomic E-state index is 10.8. The first-order valence-electron chi connectivity index (χ1n) is 6.13. The number of esters is 1. The minimum Gasteiger partial charge on any atom is -0.465 e. The van der Waals surface area contributed by atoms with E-state index in [9.17, 15) is 4.79 Å². The van der Waals surface area contributed by atoms with E-state index in [0.29, 0.717) is 11.9 Å². The fourth-order valence-corrected chi connectivity index (χ4v) is 1.66. The normalized spacial score (nSPS) is 10.1. The third-order valence-corrected chi connectivity index (χ3v) is 2.88. The smallest absolute Gasteiger partial charge is 0.316 e. The molecule has 0 bridgehead atoms. The van der Waals surface area contributed by atoms with E-state index in [1.165, 1.54) is 32.1 Å². The number of unbranched alkanes of at least 4 members (excludes halogenated alkanes) is 7. The summed E-state index contributed by atoms with van der Waals surface area (Å²) in [5, 5.41) is 0.302. The fourth-order valence-electron chi connectivity index (χ4n) is 1.50. The first kappa shape index (κ1) is 15.7. The van der Waals surface area contributed by atoms with Crippen molar-refractivity contribution in [1.82, 2.24) is 0 Å². The number of rotatable bonds is 11. The van der Waals surface area contributed by atoms with E-state index in [-0.39, 0.29) is 5.97 Å². The number of hydrogen-bond acceptors (Lipinski definition) is 2. The number of carbonyl (C=O) groups excluding carboxylic acids is 1. The molecule has 94 valence electrons.